The Bertz CT molecular complexity index is 841. The molecule has 0 amide bonds. The number of aliphatic hydroxyl groups is 2. The quantitative estimate of drug-likeness (QED) is 0.345. The van der Waals surface area contributed by atoms with Crippen molar-refractivity contribution in [1.82, 2.24) is 0 Å². The van der Waals surface area contributed by atoms with Crippen LogP contribution < -0.4 is 14.8 Å². The molecule has 15 heteroatoms. The fraction of sp³-hybridized carbons (Fsp3) is 0.333. The Morgan fingerprint density at radius 2 is 1.56 bits per heavy atom. The molecule has 0 heterocycles. The van der Waals surface area contributed by atoms with E-state index in [1.54, 1.807) is 0 Å². The van der Waals surface area contributed by atoms with Crippen molar-refractivity contribution in [2.45, 2.75) is 13.8 Å². The van der Waals surface area contributed by atoms with Crippen LogP contribution in [-0.4, -0.2) is 78.5 Å². The predicted octanol–water partition coefficient (Wildman–Crippen LogP) is 0.726. The Labute approximate surface area is 190 Å². The number of hydrogen-bond donors (Lipinski definition) is 4. The molecular weight excluding hydrogens is 452 g/mol. The molecule has 0 atom stereocenters. The zero-order valence-corrected chi connectivity index (χ0v) is 17.0. The van der Waals surface area contributed by atoms with Crippen LogP contribution >= 0.6 is 24.4 Å². The molecule has 1 rings (SSSR count). The van der Waals surface area contributed by atoms with Gasteiger partial charge in [-0.2, -0.15) is 3.71 Å². The molecule has 0 saturated heterocycles. The number of benzene rings is 1. The predicted molar refractivity (Wildman–Crippen MR) is 113 cm³/mol. The van der Waals surface area contributed by atoms with Gasteiger partial charge in [-0.15, -0.1) is 0 Å². The molecule has 1 aromatic rings. The monoisotopic (exact) mass is 471 g/mol. The van der Waals surface area contributed by atoms with Crippen LogP contribution in [0.25, 0.3) is 0 Å². The van der Waals surface area contributed by atoms with E-state index < -0.39 is 47.7 Å². The second-order valence-corrected chi connectivity index (χ2v) is 9.68. The minimum absolute atomic E-state index is 0. The number of nitrogens with zero attached hydrogens (tertiary/aromatic N) is 1. The second kappa shape index (κ2) is 11.9. The number of thiocarbonyl (C=S) groups is 2. The third kappa shape index (κ3) is 9.32. The molecule has 0 bridgehead atoms. The SMILES string of the molecule is CCS(=O)(=O)N(c1ccc(F)c(NC(O)=S)c1)S(=O)(=O)CC.NC(O)=S.[NaH]. The Morgan fingerprint density at radius 1 is 1.15 bits per heavy atom. The van der Waals surface area contributed by atoms with Crippen LogP contribution in [0.2, 0.25) is 0 Å². The van der Waals surface area contributed by atoms with Gasteiger partial charge in [-0.1, -0.05) is 0 Å². The average Bonchev–Trinajstić information content (AvgIpc) is 2.49. The number of halogens is 1. The number of aliphatic hydroxyl groups excluding tert-OH is 2. The summed E-state index contributed by atoms with van der Waals surface area (Å²) in [6.45, 7) is 2.58. The van der Waals surface area contributed by atoms with Crippen molar-refractivity contribution in [1.29, 1.82) is 0 Å². The Hall–Kier alpha value is -0.770. The molecule has 9 nitrogen and oxygen atoms in total. The van der Waals surface area contributed by atoms with E-state index in [9.17, 15) is 21.2 Å². The first-order chi connectivity index (χ1) is 11.8. The molecule has 0 spiro atoms. The number of anilines is 2. The number of rotatable bonds is 6. The summed E-state index contributed by atoms with van der Waals surface area (Å²) >= 11 is 8.24. The van der Waals surface area contributed by atoms with Crippen molar-refractivity contribution >= 4 is 95.8 Å². The summed E-state index contributed by atoms with van der Waals surface area (Å²) in [6.07, 6.45) is 0. The van der Waals surface area contributed by atoms with E-state index in [4.69, 9.17) is 10.2 Å². The Morgan fingerprint density at radius 3 is 1.89 bits per heavy atom. The molecule has 0 fully saturated rings. The summed E-state index contributed by atoms with van der Waals surface area (Å²) in [7, 11) is -8.28. The van der Waals surface area contributed by atoms with Crippen molar-refractivity contribution in [3.8, 4) is 0 Å². The first-order valence-corrected chi connectivity index (χ1v) is 10.9. The normalized spacial score (nSPS) is 10.6. The van der Waals surface area contributed by atoms with E-state index >= 15 is 0 Å². The van der Waals surface area contributed by atoms with Crippen LogP contribution in [0.5, 0.6) is 0 Å². The molecule has 0 saturated carbocycles. The van der Waals surface area contributed by atoms with Crippen molar-refractivity contribution in [3.05, 3.63) is 24.0 Å². The number of sulfonamides is 2. The van der Waals surface area contributed by atoms with Crippen LogP contribution in [-0.2, 0) is 20.0 Å². The van der Waals surface area contributed by atoms with Crippen molar-refractivity contribution in [2.24, 2.45) is 5.73 Å². The zero-order valence-electron chi connectivity index (χ0n) is 13.7. The summed E-state index contributed by atoms with van der Waals surface area (Å²) in [5, 5.41) is 17.4. The summed E-state index contributed by atoms with van der Waals surface area (Å²) in [4.78, 5) is 0. The van der Waals surface area contributed by atoms with E-state index in [0.717, 1.165) is 18.2 Å². The van der Waals surface area contributed by atoms with Gasteiger partial charge >= 0.3 is 29.6 Å². The van der Waals surface area contributed by atoms with Gasteiger partial charge < -0.3 is 21.3 Å². The third-order valence-corrected chi connectivity index (χ3v) is 6.99. The van der Waals surface area contributed by atoms with Gasteiger partial charge in [-0.3, -0.25) is 0 Å². The van der Waals surface area contributed by atoms with Crippen molar-refractivity contribution < 1.29 is 31.4 Å². The summed E-state index contributed by atoms with van der Waals surface area (Å²) in [5.41, 5.74) is 3.78. The molecule has 5 N–H and O–H groups in total. The maximum absolute atomic E-state index is 13.6. The second-order valence-electron chi connectivity index (χ2n) is 4.43. The van der Waals surface area contributed by atoms with E-state index in [-0.39, 0.29) is 44.6 Å². The summed E-state index contributed by atoms with van der Waals surface area (Å²) < 4.78 is 62.2. The van der Waals surface area contributed by atoms with Crippen molar-refractivity contribution in [2.75, 3.05) is 20.5 Å². The molecule has 0 aromatic heterocycles. The summed E-state index contributed by atoms with van der Waals surface area (Å²) in [6, 6.07) is 2.83. The van der Waals surface area contributed by atoms with Crippen LogP contribution in [0.15, 0.2) is 18.2 Å². The molecule has 0 unspecified atom stereocenters. The number of hydrogen-bond acceptors (Lipinski definition) is 6. The maximum atomic E-state index is 13.6. The van der Waals surface area contributed by atoms with Gasteiger partial charge in [0.25, 0.3) is 10.3 Å². The van der Waals surface area contributed by atoms with Gasteiger partial charge in [0.1, 0.15) is 5.82 Å². The van der Waals surface area contributed by atoms with Crippen molar-refractivity contribution in [3.63, 3.8) is 0 Å². The van der Waals surface area contributed by atoms with Gasteiger partial charge in [-0.05, 0) is 56.5 Å². The van der Waals surface area contributed by atoms with Gasteiger partial charge in [0.15, 0.2) is 0 Å². The van der Waals surface area contributed by atoms with Crippen LogP contribution in [0.3, 0.4) is 0 Å². The number of nitrogens with one attached hydrogen (secondary N) is 1. The van der Waals surface area contributed by atoms with E-state index in [1.165, 1.54) is 13.8 Å². The molecule has 27 heavy (non-hydrogen) atoms. The minimum atomic E-state index is -4.14. The number of nitrogens with two attached hydrogens (primary N) is 1. The van der Waals surface area contributed by atoms with E-state index in [1.807, 2.05) is 0 Å². The standard InChI is InChI=1S/C11H15FN2O5S3.CH3NOS.Na.H/c1-3-21(16,17)14(22(18,19)4-2)8-5-6-9(12)10(7-8)13-11(15)20;2-1(3)4;;/h5-7H,3-4H2,1-2H3,(H2,13,15,20);(H3,2,3,4);;. The fourth-order valence-electron chi connectivity index (χ4n) is 1.57. The van der Waals surface area contributed by atoms with Gasteiger partial charge in [0, 0.05) is 0 Å². The molecule has 0 radical (unpaired) electrons. The topological polar surface area (TPSA) is 150 Å². The van der Waals surface area contributed by atoms with Crippen LogP contribution in [0.1, 0.15) is 13.8 Å². The average molecular weight is 472 g/mol. The first-order valence-electron chi connectivity index (χ1n) is 6.82. The Balaban J connectivity index is 0. The first kappa shape index (κ1) is 28.4. The molecule has 0 aliphatic rings. The van der Waals surface area contributed by atoms with Crippen LogP contribution in [0, 0.1) is 5.82 Å². The molecule has 1 aromatic carbocycles. The molecule has 0 aliphatic carbocycles. The molecule has 0 aliphatic heterocycles. The van der Waals surface area contributed by atoms with E-state index in [0.29, 0.717) is 0 Å². The summed E-state index contributed by atoms with van der Waals surface area (Å²) in [5.74, 6) is -1.74. The van der Waals surface area contributed by atoms with Gasteiger partial charge in [0.05, 0.1) is 22.9 Å². The van der Waals surface area contributed by atoms with Gasteiger partial charge in [-0.25, -0.2) is 21.2 Å². The molecule has 150 valence electrons. The Kier molecular flexibility index (Phi) is 12.6. The van der Waals surface area contributed by atoms with E-state index in [2.05, 4.69) is 35.5 Å². The van der Waals surface area contributed by atoms with Crippen LogP contribution in [0.4, 0.5) is 15.8 Å². The fourth-order valence-corrected chi connectivity index (χ4v) is 5.03. The zero-order chi connectivity index (χ0) is 20.7. The van der Waals surface area contributed by atoms with Gasteiger partial charge in [0.2, 0.25) is 20.0 Å². The molecular formula is C12H19FN3NaO6S4. The third-order valence-electron chi connectivity index (χ3n) is 2.64.